The van der Waals surface area contributed by atoms with Crippen LogP contribution in [0.25, 0.3) is 66.2 Å². The molecular formula is C36H24O4. The predicted molar refractivity (Wildman–Crippen MR) is 162 cm³/mol. The third kappa shape index (κ3) is 5.24. The highest BCUT2D eigenvalue weighted by Gasteiger charge is 1.95. The molecule has 0 aliphatic carbocycles. The maximum atomic E-state index is 6.11. The molecule has 7 aromatic heterocycles. The Balaban J connectivity index is 1.46. The van der Waals surface area contributed by atoms with Crippen molar-refractivity contribution in [2.24, 2.45) is 0 Å². The van der Waals surface area contributed by atoms with Crippen molar-refractivity contribution in [1.29, 1.82) is 0 Å². The fourth-order valence-electron chi connectivity index (χ4n) is 4.61. The summed E-state index contributed by atoms with van der Waals surface area (Å²) in [6.45, 7) is 0. The average Bonchev–Trinajstić information content (AvgIpc) is 2.99. The van der Waals surface area contributed by atoms with Gasteiger partial charge in [-0.3, -0.25) is 0 Å². The Morgan fingerprint density at radius 3 is 0.675 bits per heavy atom. The van der Waals surface area contributed by atoms with E-state index in [0.29, 0.717) is 22.3 Å². The van der Waals surface area contributed by atoms with Crippen LogP contribution < -0.4 is 0 Å². The molecule has 13 aromatic rings. The standard InChI is InChI=1S/C36H24O4/c1-3-33-23-34(4-1)38-30-17-9-26(10-18-30)28-13-21-32(22-14-28)40-36-6-2-5-35(24-36)39-31-19-11-27(12-20-31)25-7-15-29(37-33)16-8-25/h1-24H. The minimum atomic E-state index is 0.705. The van der Waals surface area contributed by atoms with Gasteiger partial charge in [-0.2, -0.15) is 0 Å². The van der Waals surface area contributed by atoms with E-state index in [1.807, 2.05) is 146 Å². The number of rotatable bonds is 0. The minimum Gasteiger partial charge on any atom is -0.457 e. The average molecular weight is 521 g/mol. The first-order valence-corrected chi connectivity index (χ1v) is 13.1. The Morgan fingerprint density at radius 2 is 0.450 bits per heavy atom. The summed E-state index contributed by atoms with van der Waals surface area (Å²) in [4.78, 5) is 0. The predicted octanol–water partition coefficient (Wildman–Crippen LogP) is 10.9. The molecule has 4 heteroatoms. The van der Waals surface area contributed by atoms with Gasteiger partial charge in [0.15, 0.2) is 0 Å². The zero-order chi connectivity index (χ0) is 26.7. The lowest BCUT2D eigenvalue weighted by Crippen LogP contribution is -1.72. The van der Waals surface area contributed by atoms with Gasteiger partial charge >= 0.3 is 0 Å². The molecule has 0 saturated carbocycles. The minimum absolute atomic E-state index is 0.705. The number of hydrogen-bond donors (Lipinski definition) is 0. The molecule has 192 valence electrons. The molecule has 0 radical (unpaired) electrons. The molecule has 13 rings (SSSR count). The molecule has 6 aromatic carbocycles. The van der Waals surface area contributed by atoms with Gasteiger partial charge in [0.05, 0.1) is 0 Å². The van der Waals surface area contributed by atoms with Crippen LogP contribution in [0, 0.1) is 0 Å². The molecule has 0 saturated heterocycles. The maximum absolute atomic E-state index is 6.11. The molecule has 0 fully saturated rings. The van der Waals surface area contributed by atoms with Crippen LogP contribution in [-0.2, 0) is 0 Å². The topological polar surface area (TPSA) is 52.6 Å². The molecule has 0 N–H and O–H groups in total. The van der Waals surface area contributed by atoms with E-state index in [2.05, 4.69) is 0 Å². The normalized spacial score (nSPS) is 11.0. The van der Waals surface area contributed by atoms with Gasteiger partial charge in [-0.05, 0) is 94.3 Å². The third-order valence-corrected chi connectivity index (χ3v) is 6.64. The van der Waals surface area contributed by atoms with E-state index in [1.165, 1.54) is 0 Å². The quantitative estimate of drug-likeness (QED) is 0.200. The summed E-state index contributed by atoms with van der Waals surface area (Å²) >= 11 is 0. The van der Waals surface area contributed by atoms with E-state index in [9.17, 15) is 0 Å². The van der Waals surface area contributed by atoms with Crippen molar-refractivity contribution < 1.29 is 17.7 Å². The Kier molecular flexibility index (Phi) is 6.11. The van der Waals surface area contributed by atoms with Gasteiger partial charge in [0.2, 0.25) is 0 Å². The van der Waals surface area contributed by atoms with Crippen molar-refractivity contribution in [2.75, 3.05) is 0 Å². The van der Waals surface area contributed by atoms with Crippen molar-refractivity contribution in [1.82, 2.24) is 0 Å². The molecule has 0 unspecified atom stereocenters. The van der Waals surface area contributed by atoms with E-state index in [4.69, 9.17) is 17.7 Å². The monoisotopic (exact) mass is 520 g/mol. The first-order valence-electron chi connectivity index (χ1n) is 13.1. The van der Waals surface area contributed by atoms with Gasteiger partial charge < -0.3 is 17.7 Å². The highest BCUT2D eigenvalue weighted by atomic mass is 16.3. The smallest absolute Gasteiger partial charge is 0.131 e. The second kappa shape index (κ2) is 10.4. The fraction of sp³-hybridized carbons (Fsp3) is 0. The van der Waals surface area contributed by atoms with E-state index in [-0.39, 0.29) is 0 Å². The van der Waals surface area contributed by atoms with Gasteiger partial charge in [-0.1, -0.05) is 60.7 Å². The van der Waals surface area contributed by atoms with Crippen molar-refractivity contribution >= 4 is 66.2 Å². The Bertz CT molecular complexity index is 1850. The summed E-state index contributed by atoms with van der Waals surface area (Å²) in [5.41, 5.74) is 5.82. The molecule has 40 heavy (non-hydrogen) atoms. The second-order valence-electron chi connectivity index (χ2n) is 9.46. The molecule has 12 bridgehead atoms. The van der Waals surface area contributed by atoms with Crippen LogP contribution in [0.4, 0.5) is 0 Å². The number of benzene rings is 6. The SMILES string of the molecule is c1cc2cc(c1)oc1ccc(cc1)c1ccc(cc1)oc1cccc(c1)oc1ccc(cc1)c1ccc(cc1)o2. The third-order valence-electron chi connectivity index (χ3n) is 6.64. The lowest BCUT2D eigenvalue weighted by atomic mass is 10.1. The summed E-state index contributed by atoms with van der Waals surface area (Å²) in [5, 5.41) is 4.34. The molecule has 0 atom stereocenters. The lowest BCUT2D eigenvalue weighted by molar-refractivity contribution is 0.640. The molecule has 7 heterocycles. The fourth-order valence-corrected chi connectivity index (χ4v) is 4.61. The Hall–Kier alpha value is -5.48. The van der Waals surface area contributed by atoms with Crippen molar-refractivity contribution in [3.8, 4) is 0 Å². The van der Waals surface area contributed by atoms with Crippen LogP contribution in [0.15, 0.2) is 163 Å². The van der Waals surface area contributed by atoms with Gasteiger partial charge in [0.1, 0.15) is 44.7 Å². The zero-order valence-electron chi connectivity index (χ0n) is 21.5. The molecule has 0 amide bonds. The molecule has 0 spiro atoms. The van der Waals surface area contributed by atoms with Gasteiger partial charge in [-0.25, -0.2) is 0 Å². The zero-order valence-corrected chi connectivity index (χ0v) is 21.5. The summed E-state index contributed by atoms with van der Waals surface area (Å²) in [7, 11) is 0. The van der Waals surface area contributed by atoms with Crippen LogP contribution in [0.2, 0.25) is 0 Å². The van der Waals surface area contributed by atoms with E-state index >= 15 is 0 Å². The van der Waals surface area contributed by atoms with E-state index < -0.39 is 0 Å². The lowest BCUT2D eigenvalue weighted by Gasteiger charge is -1.97. The first kappa shape index (κ1) is 23.6. The van der Waals surface area contributed by atoms with Crippen molar-refractivity contribution in [3.63, 3.8) is 0 Å². The molecule has 4 nitrogen and oxygen atoms in total. The Morgan fingerprint density at radius 1 is 0.225 bits per heavy atom. The van der Waals surface area contributed by atoms with E-state index in [1.54, 1.807) is 0 Å². The van der Waals surface area contributed by atoms with Crippen molar-refractivity contribution in [3.05, 3.63) is 146 Å². The van der Waals surface area contributed by atoms with Gasteiger partial charge in [0.25, 0.3) is 0 Å². The van der Waals surface area contributed by atoms with Gasteiger partial charge in [-0.15, -0.1) is 0 Å². The molecule has 0 aliphatic heterocycles. The van der Waals surface area contributed by atoms with Crippen LogP contribution in [0.3, 0.4) is 0 Å². The summed E-state index contributed by atoms with van der Waals surface area (Å²) in [6.07, 6.45) is 0. The Labute approximate surface area is 229 Å². The highest BCUT2D eigenvalue weighted by Crippen LogP contribution is 2.19. The molecule has 0 aliphatic rings. The summed E-state index contributed by atoms with van der Waals surface area (Å²) < 4.78 is 24.5. The summed E-state index contributed by atoms with van der Waals surface area (Å²) in [6, 6.07) is 47.4. The molecular weight excluding hydrogens is 496 g/mol. The van der Waals surface area contributed by atoms with Crippen LogP contribution >= 0.6 is 0 Å². The van der Waals surface area contributed by atoms with Crippen LogP contribution in [0.5, 0.6) is 0 Å². The maximum Gasteiger partial charge on any atom is 0.131 e. The number of hydrogen-bond acceptors (Lipinski definition) is 4. The largest absolute Gasteiger partial charge is 0.457 e. The van der Waals surface area contributed by atoms with Crippen LogP contribution in [0.1, 0.15) is 0 Å². The van der Waals surface area contributed by atoms with E-state index in [0.717, 1.165) is 43.9 Å². The van der Waals surface area contributed by atoms with Crippen molar-refractivity contribution in [2.45, 2.75) is 0 Å². The van der Waals surface area contributed by atoms with Crippen LogP contribution in [-0.4, -0.2) is 0 Å². The highest BCUT2D eigenvalue weighted by molar-refractivity contribution is 5.84. The van der Waals surface area contributed by atoms with Gasteiger partial charge in [0, 0.05) is 12.1 Å². The summed E-state index contributed by atoms with van der Waals surface area (Å²) in [5.74, 6) is 0. The second-order valence-corrected chi connectivity index (χ2v) is 9.46. The first-order chi connectivity index (χ1) is 19.7.